The van der Waals surface area contributed by atoms with E-state index in [1.165, 1.54) is 0 Å². The average Bonchev–Trinajstić information content (AvgIpc) is 3.07. The summed E-state index contributed by atoms with van der Waals surface area (Å²) in [6.45, 7) is 4.58. The van der Waals surface area contributed by atoms with Gasteiger partial charge in [0.25, 0.3) is 5.91 Å². The standard InChI is InChI=1S/C28H29NO4/c1-19(2)15-25(21-9-5-3-6-10-21)29-26(17-27(30)31)23-14-13-20(16-24(23)28(29)32)18-33-22-11-7-4-8-12-22/h3-14,16,19,25-26H,15,17-18H2,1-2H3,(H,30,31). The van der Waals surface area contributed by atoms with Gasteiger partial charge in [-0.3, -0.25) is 9.59 Å². The number of carboxylic acid groups (broad SMARTS) is 1. The van der Waals surface area contributed by atoms with Crippen LogP contribution in [0.3, 0.4) is 0 Å². The number of nitrogens with zero attached hydrogens (tertiary/aromatic N) is 1. The summed E-state index contributed by atoms with van der Waals surface area (Å²) in [5.41, 5.74) is 3.24. The summed E-state index contributed by atoms with van der Waals surface area (Å²) in [7, 11) is 0. The molecule has 0 fully saturated rings. The molecule has 0 bridgehead atoms. The Hall–Kier alpha value is -3.60. The lowest BCUT2D eigenvalue weighted by molar-refractivity contribution is -0.138. The molecule has 0 saturated carbocycles. The van der Waals surface area contributed by atoms with E-state index in [2.05, 4.69) is 13.8 Å². The van der Waals surface area contributed by atoms with Crippen molar-refractivity contribution in [2.24, 2.45) is 5.92 Å². The Labute approximate surface area is 194 Å². The molecule has 1 N–H and O–H groups in total. The van der Waals surface area contributed by atoms with Gasteiger partial charge in [-0.25, -0.2) is 0 Å². The van der Waals surface area contributed by atoms with Crippen LogP contribution in [0.1, 0.15) is 65.8 Å². The fourth-order valence-electron chi connectivity index (χ4n) is 4.55. The number of para-hydroxylation sites is 1. The zero-order chi connectivity index (χ0) is 23.4. The minimum absolute atomic E-state index is 0.118. The molecule has 2 unspecified atom stereocenters. The monoisotopic (exact) mass is 443 g/mol. The summed E-state index contributed by atoms with van der Waals surface area (Å²) in [5.74, 6) is 0.0635. The molecule has 2 atom stereocenters. The Morgan fingerprint density at radius 1 is 1.00 bits per heavy atom. The first kappa shape index (κ1) is 22.6. The molecule has 1 heterocycles. The number of hydrogen-bond donors (Lipinski definition) is 1. The van der Waals surface area contributed by atoms with Gasteiger partial charge in [0.2, 0.25) is 0 Å². The fourth-order valence-corrected chi connectivity index (χ4v) is 4.55. The molecule has 0 radical (unpaired) electrons. The van der Waals surface area contributed by atoms with E-state index in [9.17, 15) is 14.7 Å². The number of fused-ring (bicyclic) bond motifs is 1. The lowest BCUT2D eigenvalue weighted by Gasteiger charge is -2.34. The third-order valence-corrected chi connectivity index (χ3v) is 6.01. The molecule has 0 saturated heterocycles. The van der Waals surface area contributed by atoms with Crippen molar-refractivity contribution in [1.29, 1.82) is 0 Å². The summed E-state index contributed by atoms with van der Waals surface area (Å²) in [6, 6.07) is 24.4. The maximum Gasteiger partial charge on any atom is 0.305 e. The first-order valence-corrected chi connectivity index (χ1v) is 11.3. The van der Waals surface area contributed by atoms with Gasteiger partial charge >= 0.3 is 5.97 Å². The predicted molar refractivity (Wildman–Crippen MR) is 127 cm³/mol. The van der Waals surface area contributed by atoms with Crippen LogP contribution in [0.5, 0.6) is 5.75 Å². The van der Waals surface area contributed by atoms with E-state index in [4.69, 9.17) is 4.74 Å². The first-order chi connectivity index (χ1) is 15.9. The number of amides is 1. The van der Waals surface area contributed by atoms with Crippen LogP contribution in [0.2, 0.25) is 0 Å². The number of carbonyl (C=O) groups excluding carboxylic acids is 1. The molecular formula is C28H29NO4. The van der Waals surface area contributed by atoms with E-state index in [0.29, 0.717) is 18.1 Å². The van der Waals surface area contributed by atoms with Crippen LogP contribution < -0.4 is 4.74 Å². The normalized spacial score (nSPS) is 16.0. The number of ether oxygens (including phenoxy) is 1. The Morgan fingerprint density at radius 2 is 1.67 bits per heavy atom. The van der Waals surface area contributed by atoms with Crippen LogP contribution in [0, 0.1) is 5.92 Å². The molecule has 170 valence electrons. The van der Waals surface area contributed by atoms with Crippen molar-refractivity contribution in [1.82, 2.24) is 4.90 Å². The van der Waals surface area contributed by atoms with Gasteiger partial charge < -0.3 is 14.7 Å². The highest BCUT2D eigenvalue weighted by Crippen LogP contribution is 2.44. The molecule has 0 aromatic heterocycles. The van der Waals surface area contributed by atoms with Gasteiger partial charge in [0, 0.05) is 5.56 Å². The largest absolute Gasteiger partial charge is 0.489 e. The third-order valence-electron chi connectivity index (χ3n) is 6.01. The molecule has 0 aliphatic carbocycles. The summed E-state index contributed by atoms with van der Waals surface area (Å²) in [5, 5.41) is 9.64. The van der Waals surface area contributed by atoms with E-state index in [-0.39, 0.29) is 18.4 Å². The zero-order valence-electron chi connectivity index (χ0n) is 19.0. The second kappa shape index (κ2) is 9.90. The number of rotatable bonds is 9. The molecule has 1 aliphatic heterocycles. The highest BCUT2D eigenvalue weighted by atomic mass is 16.5. The van der Waals surface area contributed by atoms with Crippen molar-refractivity contribution in [2.75, 3.05) is 0 Å². The topological polar surface area (TPSA) is 66.8 Å². The van der Waals surface area contributed by atoms with Crippen molar-refractivity contribution in [3.63, 3.8) is 0 Å². The Kier molecular flexibility index (Phi) is 6.78. The zero-order valence-corrected chi connectivity index (χ0v) is 19.0. The smallest absolute Gasteiger partial charge is 0.305 e. The quantitative estimate of drug-likeness (QED) is 0.439. The molecule has 4 rings (SSSR count). The maximum absolute atomic E-state index is 13.7. The first-order valence-electron chi connectivity index (χ1n) is 11.3. The van der Waals surface area contributed by atoms with Crippen LogP contribution in [-0.2, 0) is 11.4 Å². The van der Waals surface area contributed by atoms with Crippen molar-refractivity contribution in [3.8, 4) is 5.75 Å². The summed E-state index contributed by atoms with van der Waals surface area (Å²) in [6.07, 6.45) is 0.629. The highest BCUT2D eigenvalue weighted by Gasteiger charge is 2.42. The molecule has 1 amide bonds. The van der Waals surface area contributed by atoms with Gasteiger partial charge in [-0.2, -0.15) is 0 Å². The van der Waals surface area contributed by atoms with Gasteiger partial charge in [-0.05, 0) is 47.2 Å². The van der Waals surface area contributed by atoms with Crippen molar-refractivity contribution >= 4 is 11.9 Å². The Balaban J connectivity index is 1.67. The number of hydrogen-bond acceptors (Lipinski definition) is 3. The Bertz CT molecular complexity index is 1110. The van der Waals surface area contributed by atoms with Gasteiger partial charge in [0.1, 0.15) is 12.4 Å². The van der Waals surface area contributed by atoms with Crippen LogP contribution in [0.15, 0.2) is 78.9 Å². The molecule has 5 heteroatoms. The fraction of sp³-hybridized carbons (Fsp3) is 0.286. The SMILES string of the molecule is CC(C)CC(c1ccccc1)N1C(=O)c2cc(COc3ccccc3)ccc2C1CC(=O)O. The predicted octanol–water partition coefficient (Wildman–Crippen LogP) is 6.02. The molecule has 33 heavy (non-hydrogen) atoms. The van der Waals surface area contributed by atoms with Crippen molar-refractivity contribution in [3.05, 3.63) is 101 Å². The van der Waals surface area contributed by atoms with Crippen LogP contribution in [-0.4, -0.2) is 21.9 Å². The molecule has 5 nitrogen and oxygen atoms in total. The minimum Gasteiger partial charge on any atom is -0.489 e. The van der Waals surface area contributed by atoms with Gasteiger partial charge in [-0.1, -0.05) is 74.5 Å². The van der Waals surface area contributed by atoms with Crippen LogP contribution in [0.4, 0.5) is 0 Å². The molecule has 3 aromatic rings. The maximum atomic E-state index is 13.7. The van der Waals surface area contributed by atoms with E-state index < -0.39 is 12.0 Å². The average molecular weight is 444 g/mol. The summed E-state index contributed by atoms with van der Waals surface area (Å²) < 4.78 is 5.86. The van der Waals surface area contributed by atoms with Gasteiger partial charge in [0.05, 0.1) is 18.5 Å². The Morgan fingerprint density at radius 3 is 2.30 bits per heavy atom. The van der Waals surface area contributed by atoms with Crippen molar-refractivity contribution in [2.45, 2.75) is 45.4 Å². The summed E-state index contributed by atoms with van der Waals surface area (Å²) in [4.78, 5) is 27.3. The lowest BCUT2D eigenvalue weighted by atomic mass is 9.93. The molecule has 3 aromatic carbocycles. The lowest BCUT2D eigenvalue weighted by Crippen LogP contribution is -2.34. The van der Waals surface area contributed by atoms with Crippen LogP contribution in [0.25, 0.3) is 0 Å². The third kappa shape index (κ3) is 5.08. The number of aliphatic carboxylic acids is 1. The van der Waals surface area contributed by atoms with Gasteiger partial charge in [-0.15, -0.1) is 0 Å². The number of carbonyl (C=O) groups is 2. The number of carboxylic acids is 1. The van der Waals surface area contributed by atoms with E-state index in [1.54, 1.807) is 4.90 Å². The number of benzene rings is 3. The van der Waals surface area contributed by atoms with Crippen molar-refractivity contribution < 1.29 is 19.4 Å². The van der Waals surface area contributed by atoms with E-state index in [1.807, 2.05) is 78.9 Å². The second-order valence-corrected chi connectivity index (χ2v) is 8.91. The van der Waals surface area contributed by atoms with Crippen LogP contribution >= 0.6 is 0 Å². The van der Waals surface area contributed by atoms with E-state index in [0.717, 1.165) is 28.9 Å². The second-order valence-electron chi connectivity index (χ2n) is 8.91. The highest BCUT2D eigenvalue weighted by molar-refractivity contribution is 6.00. The minimum atomic E-state index is -0.918. The molecule has 1 aliphatic rings. The van der Waals surface area contributed by atoms with Gasteiger partial charge in [0.15, 0.2) is 0 Å². The molecule has 0 spiro atoms. The van der Waals surface area contributed by atoms with E-state index >= 15 is 0 Å². The molecular weight excluding hydrogens is 414 g/mol. The summed E-state index contributed by atoms with van der Waals surface area (Å²) >= 11 is 0.